The summed E-state index contributed by atoms with van der Waals surface area (Å²) in [6, 6.07) is 5.34. The normalized spacial score (nSPS) is 17.9. The van der Waals surface area contributed by atoms with Gasteiger partial charge in [-0.05, 0) is 31.0 Å². The maximum absolute atomic E-state index is 12.5. The highest BCUT2D eigenvalue weighted by Crippen LogP contribution is 2.26. The molecule has 0 bridgehead atoms. The van der Waals surface area contributed by atoms with Crippen LogP contribution in [0.4, 0.5) is 11.5 Å². The second-order valence-corrected chi connectivity index (χ2v) is 6.83. The number of nitrogens with two attached hydrogens (primary N) is 1. The van der Waals surface area contributed by atoms with Crippen molar-refractivity contribution in [2.24, 2.45) is 0 Å². The van der Waals surface area contributed by atoms with Crippen LogP contribution in [0.5, 0.6) is 0 Å². The number of benzene rings is 1. The van der Waals surface area contributed by atoms with Crippen molar-refractivity contribution < 1.29 is 24.2 Å². The molecule has 0 aliphatic carbocycles. The van der Waals surface area contributed by atoms with E-state index < -0.39 is 23.3 Å². The van der Waals surface area contributed by atoms with Crippen molar-refractivity contribution in [3.8, 4) is 5.69 Å². The van der Waals surface area contributed by atoms with Crippen LogP contribution in [0, 0.1) is 0 Å². The van der Waals surface area contributed by atoms with Crippen LogP contribution in [0.3, 0.4) is 0 Å². The Kier molecular flexibility index (Phi) is 4.55. The molecule has 2 amide bonds. The summed E-state index contributed by atoms with van der Waals surface area (Å²) in [5, 5.41) is 14.8. The van der Waals surface area contributed by atoms with Crippen molar-refractivity contribution in [1.29, 1.82) is 0 Å². The molecular weight excluding hydrogens is 380 g/mol. The predicted molar refractivity (Wildman–Crippen MR) is 103 cm³/mol. The second-order valence-electron chi connectivity index (χ2n) is 6.83. The molecule has 1 saturated heterocycles. The number of ether oxygens (including phenoxy) is 1. The molecule has 2 aliphatic heterocycles. The molecular formula is C19H18N4O6. The highest BCUT2D eigenvalue weighted by molar-refractivity contribution is 6.23. The predicted octanol–water partition coefficient (Wildman–Crippen LogP) is 0.592. The summed E-state index contributed by atoms with van der Waals surface area (Å²) >= 11 is 0. The largest absolute Gasteiger partial charge is 0.478 e. The molecule has 4 rings (SSSR count). The summed E-state index contributed by atoms with van der Waals surface area (Å²) in [5.41, 5.74) is 5.63. The molecule has 10 heteroatoms. The standard InChI is InChI=1S/C19H18N4O6/c20-16-15-12(17(25)22-18(15)26)7-14(24)23(16)9-3-4-13(11(6-9)19(27)28)21-8-10-2-1-5-29-10/h3-4,6-7,10,21H,1-2,5,8,20H2,(H,27,28)(H,22,25,26). The van der Waals surface area contributed by atoms with Gasteiger partial charge in [-0.2, -0.15) is 0 Å². The Morgan fingerprint density at radius 2 is 2.07 bits per heavy atom. The molecule has 0 radical (unpaired) electrons. The third kappa shape index (κ3) is 3.23. The minimum absolute atomic E-state index is 0.0161. The average Bonchev–Trinajstić information content (AvgIpc) is 3.28. The number of hydrogen-bond donors (Lipinski definition) is 4. The molecule has 0 saturated carbocycles. The van der Waals surface area contributed by atoms with E-state index in [9.17, 15) is 24.3 Å². The number of nitrogen functional groups attached to an aromatic ring is 1. The van der Waals surface area contributed by atoms with Crippen molar-refractivity contribution in [2.45, 2.75) is 18.9 Å². The number of amides is 2. The fourth-order valence-corrected chi connectivity index (χ4v) is 3.58. The molecule has 10 nitrogen and oxygen atoms in total. The number of aromatic carboxylic acids is 1. The lowest BCUT2D eigenvalue weighted by atomic mass is 10.1. The van der Waals surface area contributed by atoms with E-state index in [1.54, 1.807) is 0 Å². The number of imide groups is 1. The Morgan fingerprint density at radius 3 is 2.76 bits per heavy atom. The number of rotatable bonds is 5. The van der Waals surface area contributed by atoms with Crippen LogP contribution >= 0.6 is 0 Å². The first-order valence-electron chi connectivity index (χ1n) is 9.01. The number of pyridine rings is 1. The van der Waals surface area contributed by atoms with Gasteiger partial charge in [0.15, 0.2) is 0 Å². The van der Waals surface area contributed by atoms with E-state index in [0.717, 1.165) is 23.5 Å². The van der Waals surface area contributed by atoms with Gasteiger partial charge in [0.05, 0.1) is 28.5 Å². The summed E-state index contributed by atoms with van der Waals surface area (Å²) in [6.07, 6.45) is 1.88. The monoisotopic (exact) mass is 398 g/mol. The summed E-state index contributed by atoms with van der Waals surface area (Å²) in [5.74, 6) is -2.82. The first-order chi connectivity index (χ1) is 13.9. The lowest BCUT2D eigenvalue weighted by molar-refractivity contribution is 0.0696. The van der Waals surface area contributed by atoms with Gasteiger partial charge in [0, 0.05) is 24.9 Å². The zero-order valence-corrected chi connectivity index (χ0v) is 15.2. The van der Waals surface area contributed by atoms with Gasteiger partial charge in [-0.3, -0.25) is 24.3 Å². The molecule has 1 aromatic heterocycles. The number of hydrogen-bond acceptors (Lipinski definition) is 7. The van der Waals surface area contributed by atoms with Gasteiger partial charge in [-0.25, -0.2) is 4.79 Å². The van der Waals surface area contributed by atoms with Gasteiger partial charge in [-0.15, -0.1) is 0 Å². The second kappa shape index (κ2) is 7.06. The molecule has 0 spiro atoms. The molecule has 3 heterocycles. The van der Waals surface area contributed by atoms with E-state index in [2.05, 4.69) is 10.6 Å². The van der Waals surface area contributed by atoms with Crippen LogP contribution in [0.15, 0.2) is 29.1 Å². The quantitative estimate of drug-likeness (QED) is 0.534. The Bertz CT molecular complexity index is 1100. The summed E-state index contributed by atoms with van der Waals surface area (Å²) in [4.78, 5) is 48.0. The van der Waals surface area contributed by atoms with Crippen LogP contribution in [-0.2, 0) is 4.74 Å². The molecule has 2 aliphatic rings. The number of nitrogens with zero attached hydrogens (tertiary/aromatic N) is 1. The van der Waals surface area contributed by atoms with Crippen LogP contribution in [0.25, 0.3) is 5.69 Å². The van der Waals surface area contributed by atoms with Gasteiger partial charge in [0.2, 0.25) is 0 Å². The first kappa shape index (κ1) is 18.7. The molecule has 1 aromatic carbocycles. The number of carbonyl (C=O) groups excluding carboxylic acids is 2. The van der Waals surface area contributed by atoms with Gasteiger partial charge in [0.25, 0.3) is 17.4 Å². The molecule has 1 fully saturated rings. The summed E-state index contributed by atoms with van der Waals surface area (Å²) in [7, 11) is 0. The number of carbonyl (C=O) groups is 3. The third-order valence-corrected chi connectivity index (χ3v) is 4.99. The number of aromatic nitrogens is 1. The van der Waals surface area contributed by atoms with E-state index in [4.69, 9.17) is 10.5 Å². The van der Waals surface area contributed by atoms with Gasteiger partial charge >= 0.3 is 5.97 Å². The Labute approximate surface area is 164 Å². The number of nitrogens with one attached hydrogen (secondary N) is 2. The maximum Gasteiger partial charge on any atom is 0.337 e. The molecule has 5 N–H and O–H groups in total. The number of fused-ring (bicyclic) bond motifs is 1. The van der Waals surface area contributed by atoms with Crippen LogP contribution in [-0.4, -0.2) is 46.7 Å². The van der Waals surface area contributed by atoms with E-state index in [0.29, 0.717) is 18.8 Å². The van der Waals surface area contributed by atoms with E-state index in [-0.39, 0.29) is 34.3 Å². The van der Waals surface area contributed by atoms with Crippen molar-refractivity contribution in [1.82, 2.24) is 9.88 Å². The minimum Gasteiger partial charge on any atom is -0.478 e. The topological polar surface area (TPSA) is 153 Å². The molecule has 1 atom stereocenters. The Balaban J connectivity index is 1.74. The van der Waals surface area contributed by atoms with E-state index in [1.165, 1.54) is 18.2 Å². The summed E-state index contributed by atoms with van der Waals surface area (Å²) < 4.78 is 6.53. The molecule has 1 unspecified atom stereocenters. The highest BCUT2D eigenvalue weighted by Gasteiger charge is 2.32. The summed E-state index contributed by atoms with van der Waals surface area (Å²) in [6.45, 7) is 1.15. The van der Waals surface area contributed by atoms with Crippen molar-refractivity contribution in [3.63, 3.8) is 0 Å². The third-order valence-electron chi connectivity index (χ3n) is 4.99. The van der Waals surface area contributed by atoms with Crippen LogP contribution in [0.1, 0.15) is 43.9 Å². The number of carboxylic acids is 1. The number of carboxylic acid groups (broad SMARTS) is 1. The van der Waals surface area contributed by atoms with Crippen molar-refractivity contribution in [3.05, 3.63) is 51.3 Å². The molecule has 29 heavy (non-hydrogen) atoms. The van der Waals surface area contributed by atoms with E-state index >= 15 is 0 Å². The SMILES string of the molecule is Nc1c2c(cc(=O)n1-c1ccc(NCC3CCCO3)c(C(=O)O)c1)C(=O)NC2=O. The van der Waals surface area contributed by atoms with Crippen molar-refractivity contribution in [2.75, 3.05) is 24.2 Å². The maximum atomic E-state index is 12.5. The van der Waals surface area contributed by atoms with Crippen molar-refractivity contribution >= 4 is 29.3 Å². The van der Waals surface area contributed by atoms with Gasteiger partial charge in [0.1, 0.15) is 5.82 Å². The zero-order chi connectivity index (χ0) is 20.7. The first-order valence-corrected chi connectivity index (χ1v) is 9.01. The molecule has 150 valence electrons. The fourth-order valence-electron chi connectivity index (χ4n) is 3.58. The smallest absolute Gasteiger partial charge is 0.337 e. The molecule has 2 aromatic rings. The number of anilines is 2. The lowest BCUT2D eigenvalue weighted by Crippen LogP contribution is -2.24. The van der Waals surface area contributed by atoms with Crippen LogP contribution in [0.2, 0.25) is 0 Å². The van der Waals surface area contributed by atoms with Gasteiger partial charge < -0.3 is 20.9 Å². The lowest BCUT2D eigenvalue weighted by Gasteiger charge is -2.16. The average molecular weight is 398 g/mol. The Hall–Kier alpha value is -3.66. The van der Waals surface area contributed by atoms with Crippen LogP contribution < -0.4 is 21.9 Å². The van der Waals surface area contributed by atoms with Gasteiger partial charge in [-0.1, -0.05) is 0 Å². The highest BCUT2D eigenvalue weighted by atomic mass is 16.5. The minimum atomic E-state index is -1.19. The van der Waals surface area contributed by atoms with E-state index in [1.807, 2.05) is 0 Å². The Morgan fingerprint density at radius 1 is 1.28 bits per heavy atom. The zero-order valence-electron chi connectivity index (χ0n) is 15.2. The fraction of sp³-hybridized carbons (Fsp3) is 0.263.